The van der Waals surface area contributed by atoms with Crippen molar-refractivity contribution in [3.05, 3.63) is 144 Å². The molecule has 0 bridgehead atoms. The first-order valence-corrected chi connectivity index (χ1v) is 12.9. The Morgan fingerprint density at radius 1 is 0.703 bits per heavy atom. The first-order chi connectivity index (χ1) is 18.1. The van der Waals surface area contributed by atoms with Gasteiger partial charge in [-0.05, 0) is 28.7 Å². The smallest absolute Gasteiger partial charge is 0.229 e. The third kappa shape index (κ3) is 6.16. The van der Waals surface area contributed by atoms with E-state index in [1.54, 1.807) is 0 Å². The predicted octanol–water partition coefficient (Wildman–Crippen LogP) is 5.45. The number of β-amino-alcohol motifs (C(OH)–C–C–N with tert-alkyl or cyclic N) is 1. The quantitative estimate of drug-likeness (QED) is 0.339. The van der Waals surface area contributed by atoms with Crippen LogP contribution in [0.1, 0.15) is 22.3 Å². The highest BCUT2D eigenvalue weighted by Gasteiger charge is 2.52. The zero-order chi connectivity index (χ0) is 25.5. The van der Waals surface area contributed by atoms with Gasteiger partial charge in [-0.25, -0.2) is 0 Å². The molecular formula is C33H33NO3. The van der Waals surface area contributed by atoms with E-state index in [1.165, 1.54) is 0 Å². The lowest BCUT2D eigenvalue weighted by atomic mass is 9.75. The van der Waals surface area contributed by atoms with Crippen molar-refractivity contribution in [2.24, 2.45) is 5.92 Å². The Labute approximate surface area is 219 Å². The summed E-state index contributed by atoms with van der Waals surface area (Å²) in [5.41, 5.74) is 2.88. The summed E-state index contributed by atoms with van der Waals surface area (Å²) >= 11 is 0. The number of rotatable bonds is 9. The minimum absolute atomic E-state index is 0.0171. The highest BCUT2D eigenvalue weighted by atomic mass is 16.5. The third-order valence-corrected chi connectivity index (χ3v) is 7.13. The molecule has 37 heavy (non-hydrogen) atoms. The van der Waals surface area contributed by atoms with E-state index in [4.69, 9.17) is 4.74 Å². The van der Waals surface area contributed by atoms with Crippen LogP contribution in [0.5, 0.6) is 0 Å². The third-order valence-electron chi connectivity index (χ3n) is 7.13. The second-order valence-electron chi connectivity index (χ2n) is 9.96. The van der Waals surface area contributed by atoms with Crippen LogP contribution in [0, 0.1) is 5.92 Å². The summed E-state index contributed by atoms with van der Waals surface area (Å²) in [6.07, 6.45) is 0.242. The molecule has 1 amide bonds. The number of ether oxygens (including phenoxy) is 1. The molecule has 0 saturated carbocycles. The van der Waals surface area contributed by atoms with Crippen LogP contribution in [0.25, 0.3) is 0 Å². The number of hydrogen-bond donors (Lipinski definition) is 1. The van der Waals surface area contributed by atoms with Gasteiger partial charge >= 0.3 is 0 Å². The maximum atomic E-state index is 14.0. The van der Waals surface area contributed by atoms with Crippen molar-refractivity contribution >= 4 is 5.91 Å². The topological polar surface area (TPSA) is 49.8 Å². The van der Waals surface area contributed by atoms with Gasteiger partial charge in [-0.15, -0.1) is 0 Å². The average molecular weight is 492 g/mol. The summed E-state index contributed by atoms with van der Waals surface area (Å²) in [4.78, 5) is 15.8. The second-order valence-corrected chi connectivity index (χ2v) is 9.96. The molecule has 4 aromatic carbocycles. The molecule has 1 N–H and O–H groups in total. The molecule has 1 heterocycles. The van der Waals surface area contributed by atoms with Crippen LogP contribution in [0.4, 0.5) is 0 Å². The van der Waals surface area contributed by atoms with Crippen molar-refractivity contribution in [3.8, 4) is 0 Å². The Kier molecular flexibility index (Phi) is 7.79. The van der Waals surface area contributed by atoms with Gasteiger partial charge in [-0.2, -0.15) is 0 Å². The molecule has 188 valence electrons. The van der Waals surface area contributed by atoms with Crippen LogP contribution in [0.3, 0.4) is 0 Å². The van der Waals surface area contributed by atoms with Gasteiger partial charge in [-0.3, -0.25) is 4.79 Å². The fourth-order valence-corrected chi connectivity index (χ4v) is 5.37. The van der Waals surface area contributed by atoms with Gasteiger partial charge in [0.1, 0.15) is 11.7 Å². The Hall–Kier alpha value is -3.73. The number of aliphatic hydroxyl groups is 1. The lowest BCUT2D eigenvalue weighted by Gasteiger charge is -2.48. The van der Waals surface area contributed by atoms with Crippen molar-refractivity contribution < 1.29 is 14.6 Å². The Balaban J connectivity index is 1.51. The predicted molar refractivity (Wildman–Crippen MR) is 146 cm³/mol. The van der Waals surface area contributed by atoms with E-state index >= 15 is 0 Å². The lowest BCUT2D eigenvalue weighted by molar-refractivity contribution is -0.191. The SMILES string of the molecule is O=C1[C@@H](Cc2ccccc2)[C@H](OCc2ccccc2)C(O)(Cc2ccccc2)CN1Cc1ccccc1. The zero-order valence-corrected chi connectivity index (χ0v) is 20.9. The number of likely N-dealkylation sites (tertiary alicyclic amines) is 1. The summed E-state index contributed by atoms with van der Waals surface area (Å²) in [7, 11) is 0. The summed E-state index contributed by atoms with van der Waals surface area (Å²) < 4.78 is 6.51. The van der Waals surface area contributed by atoms with Gasteiger partial charge in [0, 0.05) is 13.0 Å². The minimum atomic E-state index is -1.25. The molecule has 1 saturated heterocycles. The summed E-state index contributed by atoms with van der Waals surface area (Å²) in [5, 5.41) is 12.4. The van der Waals surface area contributed by atoms with E-state index in [0.717, 1.165) is 22.3 Å². The van der Waals surface area contributed by atoms with E-state index in [1.807, 2.05) is 126 Å². The van der Waals surface area contributed by atoms with E-state index in [0.29, 0.717) is 26.0 Å². The van der Waals surface area contributed by atoms with Crippen molar-refractivity contribution in [1.29, 1.82) is 0 Å². The molecule has 1 aliphatic rings. The Morgan fingerprint density at radius 2 is 1.19 bits per heavy atom. The van der Waals surface area contributed by atoms with Gasteiger partial charge < -0.3 is 14.7 Å². The molecule has 1 fully saturated rings. The largest absolute Gasteiger partial charge is 0.385 e. The van der Waals surface area contributed by atoms with Gasteiger partial charge in [0.15, 0.2) is 0 Å². The number of nitrogens with zero attached hydrogens (tertiary/aromatic N) is 1. The van der Waals surface area contributed by atoms with E-state index in [-0.39, 0.29) is 12.5 Å². The fraction of sp³-hybridized carbons (Fsp3) is 0.242. The molecular weight excluding hydrogens is 458 g/mol. The number of benzene rings is 4. The molecule has 3 atom stereocenters. The molecule has 0 aliphatic carbocycles. The minimum Gasteiger partial charge on any atom is -0.385 e. The highest BCUT2D eigenvalue weighted by Crippen LogP contribution is 2.36. The second kappa shape index (κ2) is 11.5. The molecule has 5 rings (SSSR count). The number of carbonyl (C=O) groups excluding carboxylic acids is 1. The number of amides is 1. The van der Waals surface area contributed by atoms with Crippen molar-refractivity contribution in [2.45, 2.75) is 37.7 Å². The first kappa shape index (κ1) is 24.9. The fourth-order valence-electron chi connectivity index (χ4n) is 5.37. The van der Waals surface area contributed by atoms with Crippen LogP contribution >= 0.6 is 0 Å². The van der Waals surface area contributed by atoms with Crippen molar-refractivity contribution in [2.75, 3.05) is 6.54 Å². The normalized spacial score (nSPS) is 21.6. The Bertz CT molecular complexity index is 1260. The monoisotopic (exact) mass is 491 g/mol. The van der Waals surface area contributed by atoms with Crippen LogP contribution in [-0.4, -0.2) is 34.2 Å². The van der Waals surface area contributed by atoms with Gasteiger partial charge in [0.05, 0.1) is 19.1 Å². The van der Waals surface area contributed by atoms with Crippen LogP contribution in [0.15, 0.2) is 121 Å². The molecule has 1 aliphatic heterocycles. The van der Waals surface area contributed by atoms with Crippen molar-refractivity contribution in [1.82, 2.24) is 4.90 Å². The summed E-state index contributed by atoms with van der Waals surface area (Å²) in [5.74, 6) is -0.499. The summed E-state index contributed by atoms with van der Waals surface area (Å²) in [6, 6.07) is 39.9. The van der Waals surface area contributed by atoms with Crippen LogP contribution in [0.2, 0.25) is 0 Å². The Morgan fingerprint density at radius 3 is 1.76 bits per heavy atom. The zero-order valence-electron chi connectivity index (χ0n) is 20.9. The highest BCUT2D eigenvalue weighted by molar-refractivity contribution is 5.81. The van der Waals surface area contributed by atoms with E-state index < -0.39 is 17.6 Å². The standard InChI is InChI=1S/C33H33NO3/c35-32-30(21-26-13-5-1-6-14-26)31(37-24-29-19-11-4-12-20-29)33(36,22-27-15-7-2-8-16-27)25-34(32)23-28-17-9-3-10-18-28/h1-20,30-31,36H,21-25H2/t30-,31-,33?/m0/s1. The number of piperidine rings is 1. The molecule has 0 radical (unpaired) electrons. The lowest BCUT2D eigenvalue weighted by Crippen LogP contribution is -2.65. The molecule has 4 heteroatoms. The van der Waals surface area contributed by atoms with Crippen molar-refractivity contribution in [3.63, 3.8) is 0 Å². The number of carbonyl (C=O) groups is 1. The number of hydrogen-bond acceptors (Lipinski definition) is 3. The van der Waals surface area contributed by atoms with Gasteiger partial charge in [-0.1, -0.05) is 121 Å². The van der Waals surface area contributed by atoms with Crippen LogP contribution < -0.4 is 0 Å². The van der Waals surface area contributed by atoms with Gasteiger partial charge in [0.25, 0.3) is 0 Å². The maximum absolute atomic E-state index is 14.0. The summed E-state index contributed by atoms with van der Waals surface area (Å²) in [6.45, 7) is 0.994. The molecule has 4 aromatic rings. The molecule has 0 aromatic heterocycles. The molecule has 0 spiro atoms. The maximum Gasteiger partial charge on any atom is 0.229 e. The molecule has 1 unspecified atom stereocenters. The van der Waals surface area contributed by atoms with E-state index in [2.05, 4.69) is 0 Å². The average Bonchev–Trinajstić information content (AvgIpc) is 2.93. The van der Waals surface area contributed by atoms with Crippen LogP contribution in [-0.2, 0) is 35.5 Å². The molecule has 4 nitrogen and oxygen atoms in total. The van der Waals surface area contributed by atoms with E-state index in [9.17, 15) is 9.90 Å². The first-order valence-electron chi connectivity index (χ1n) is 12.9. The van der Waals surface area contributed by atoms with Gasteiger partial charge in [0.2, 0.25) is 5.91 Å².